The van der Waals surface area contributed by atoms with Gasteiger partial charge in [-0.3, -0.25) is 4.99 Å². The van der Waals surface area contributed by atoms with Crippen LogP contribution in [0.2, 0.25) is 0 Å². The number of ether oxygens (including phenoxy) is 1. The third-order valence-electron chi connectivity index (χ3n) is 4.30. The zero-order valence-electron chi connectivity index (χ0n) is 15.9. The molecule has 144 valence electrons. The van der Waals surface area contributed by atoms with Crippen LogP contribution in [0.15, 0.2) is 47.7 Å². The van der Waals surface area contributed by atoms with Crippen molar-refractivity contribution in [1.82, 2.24) is 20.6 Å². The Bertz CT molecular complexity index is 889. The van der Waals surface area contributed by atoms with Crippen LogP contribution < -0.4 is 15.4 Å². The molecule has 2 aromatic heterocycles. The largest absolute Gasteiger partial charge is 0.481 e. The van der Waals surface area contributed by atoms with Gasteiger partial charge in [-0.2, -0.15) is 0 Å². The summed E-state index contributed by atoms with van der Waals surface area (Å²) in [4.78, 5) is 11.8. The molecule has 27 heavy (non-hydrogen) atoms. The number of nitrogens with one attached hydrogen (secondary N) is 3. The van der Waals surface area contributed by atoms with E-state index in [0.29, 0.717) is 12.4 Å². The predicted molar refractivity (Wildman–Crippen MR) is 121 cm³/mol. The van der Waals surface area contributed by atoms with E-state index in [1.165, 1.54) is 22.0 Å². The summed E-state index contributed by atoms with van der Waals surface area (Å²) in [7, 11) is 3.39. The quantitative estimate of drug-likeness (QED) is 0.288. The summed E-state index contributed by atoms with van der Waals surface area (Å²) in [5.74, 6) is 1.39. The number of nitrogens with zero attached hydrogens (tertiary/aromatic N) is 2. The number of aryl methyl sites for hydroxylation is 1. The van der Waals surface area contributed by atoms with Crippen LogP contribution in [-0.2, 0) is 13.0 Å². The van der Waals surface area contributed by atoms with Crippen molar-refractivity contribution in [3.05, 3.63) is 59.4 Å². The van der Waals surface area contributed by atoms with Crippen molar-refractivity contribution in [3.63, 3.8) is 0 Å². The molecule has 3 N–H and O–H groups in total. The molecular formula is C20H26IN5O. The van der Waals surface area contributed by atoms with Crippen LogP contribution in [-0.4, -0.2) is 36.6 Å². The van der Waals surface area contributed by atoms with E-state index in [-0.39, 0.29) is 24.0 Å². The summed E-state index contributed by atoms with van der Waals surface area (Å²) in [5, 5.41) is 7.94. The minimum atomic E-state index is 0. The fourth-order valence-electron chi connectivity index (χ4n) is 2.87. The van der Waals surface area contributed by atoms with Crippen molar-refractivity contribution in [2.75, 3.05) is 20.7 Å². The van der Waals surface area contributed by atoms with Crippen LogP contribution in [0.4, 0.5) is 0 Å². The van der Waals surface area contributed by atoms with Crippen molar-refractivity contribution < 1.29 is 4.74 Å². The van der Waals surface area contributed by atoms with Gasteiger partial charge < -0.3 is 20.4 Å². The van der Waals surface area contributed by atoms with Crippen LogP contribution in [0.5, 0.6) is 5.88 Å². The Labute approximate surface area is 176 Å². The number of aromatic amines is 1. The predicted octanol–water partition coefficient (Wildman–Crippen LogP) is 3.41. The second kappa shape index (κ2) is 10.1. The second-order valence-corrected chi connectivity index (χ2v) is 6.17. The zero-order valence-corrected chi connectivity index (χ0v) is 18.2. The molecular weight excluding hydrogens is 453 g/mol. The maximum Gasteiger partial charge on any atom is 0.212 e. The minimum Gasteiger partial charge on any atom is -0.481 e. The Morgan fingerprint density at radius 1 is 1.22 bits per heavy atom. The average molecular weight is 479 g/mol. The minimum absolute atomic E-state index is 0. The lowest BCUT2D eigenvalue weighted by Gasteiger charge is -2.12. The fourth-order valence-corrected chi connectivity index (χ4v) is 2.87. The van der Waals surface area contributed by atoms with E-state index in [2.05, 4.69) is 56.9 Å². The molecule has 0 aliphatic carbocycles. The molecule has 0 atom stereocenters. The van der Waals surface area contributed by atoms with Gasteiger partial charge in [-0.05, 0) is 36.1 Å². The van der Waals surface area contributed by atoms with E-state index in [1.807, 2.05) is 12.1 Å². The first-order valence-corrected chi connectivity index (χ1v) is 8.69. The number of halogens is 1. The van der Waals surface area contributed by atoms with Gasteiger partial charge in [0.2, 0.25) is 5.88 Å². The molecule has 3 aromatic rings. The van der Waals surface area contributed by atoms with Crippen molar-refractivity contribution in [1.29, 1.82) is 0 Å². The number of hydrogen-bond acceptors (Lipinski definition) is 3. The first-order valence-electron chi connectivity index (χ1n) is 8.69. The van der Waals surface area contributed by atoms with Gasteiger partial charge in [0.1, 0.15) is 0 Å². The second-order valence-electron chi connectivity index (χ2n) is 6.17. The van der Waals surface area contributed by atoms with Gasteiger partial charge in [0, 0.05) is 49.5 Å². The van der Waals surface area contributed by atoms with Gasteiger partial charge in [-0.1, -0.05) is 18.2 Å². The number of benzene rings is 1. The molecule has 7 heteroatoms. The number of pyridine rings is 1. The zero-order chi connectivity index (χ0) is 18.4. The molecule has 3 rings (SSSR count). The standard InChI is InChI=1S/C20H25N5O.HI/c1-14-4-6-17-16(13-23-18(17)10-14)8-9-22-20(21-2)25-12-15-5-7-19(26-3)24-11-15;/h4-7,10-11,13,23H,8-9,12H2,1-3H3,(H2,21,22,25);1H. The number of H-pyrrole nitrogens is 1. The number of aromatic nitrogens is 2. The van der Waals surface area contributed by atoms with Crippen LogP contribution >= 0.6 is 24.0 Å². The van der Waals surface area contributed by atoms with Crippen molar-refractivity contribution in [2.24, 2.45) is 4.99 Å². The highest BCUT2D eigenvalue weighted by atomic mass is 127. The average Bonchev–Trinajstić information content (AvgIpc) is 3.07. The smallest absolute Gasteiger partial charge is 0.212 e. The maximum absolute atomic E-state index is 5.07. The molecule has 0 unspecified atom stereocenters. The van der Waals surface area contributed by atoms with Gasteiger partial charge in [0.05, 0.1) is 7.11 Å². The molecule has 0 bridgehead atoms. The number of hydrogen-bond donors (Lipinski definition) is 3. The maximum atomic E-state index is 5.07. The summed E-state index contributed by atoms with van der Waals surface area (Å²) in [6.07, 6.45) is 4.81. The Morgan fingerprint density at radius 2 is 2.07 bits per heavy atom. The van der Waals surface area contributed by atoms with Crippen molar-refractivity contribution >= 4 is 40.8 Å². The number of fused-ring (bicyclic) bond motifs is 1. The summed E-state index contributed by atoms with van der Waals surface area (Å²) >= 11 is 0. The molecule has 0 amide bonds. The Morgan fingerprint density at radius 3 is 2.78 bits per heavy atom. The number of methoxy groups -OCH3 is 1. The highest BCUT2D eigenvalue weighted by molar-refractivity contribution is 14.0. The van der Waals surface area contributed by atoms with E-state index >= 15 is 0 Å². The molecule has 0 aliphatic heterocycles. The van der Waals surface area contributed by atoms with E-state index in [1.54, 1.807) is 20.4 Å². The molecule has 1 aromatic carbocycles. The normalized spacial score (nSPS) is 11.1. The van der Waals surface area contributed by atoms with Crippen molar-refractivity contribution in [3.8, 4) is 5.88 Å². The molecule has 0 saturated heterocycles. The highest BCUT2D eigenvalue weighted by Crippen LogP contribution is 2.19. The Hall–Kier alpha value is -2.29. The first-order chi connectivity index (χ1) is 12.7. The molecule has 0 spiro atoms. The SMILES string of the molecule is CN=C(NCCc1c[nH]c2cc(C)ccc12)NCc1ccc(OC)nc1.I. The number of aliphatic imine (C=N–C) groups is 1. The van der Waals surface area contributed by atoms with Crippen LogP contribution in [0.3, 0.4) is 0 Å². The third-order valence-corrected chi connectivity index (χ3v) is 4.30. The lowest BCUT2D eigenvalue weighted by Crippen LogP contribution is -2.37. The lowest BCUT2D eigenvalue weighted by molar-refractivity contribution is 0.397. The Kier molecular flexibility index (Phi) is 7.90. The molecule has 0 saturated carbocycles. The van der Waals surface area contributed by atoms with E-state index in [4.69, 9.17) is 4.74 Å². The highest BCUT2D eigenvalue weighted by Gasteiger charge is 2.05. The van der Waals surface area contributed by atoms with Crippen LogP contribution in [0.25, 0.3) is 10.9 Å². The third kappa shape index (κ3) is 5.59. The van der Waals surface area contributed by atoms with Gasteiger partial charge in [-0.15, -0.1) is 24.0 Å². The summed E-state index contributed by atoms with van der Waals surface area (Å²) in [6, 6.07) is 10.3. The molecule has 2 heterocycles. The molecule has 6 nitrogen and oxygen atoms in total. The van der Waals surface area contributed by atoms with E-state index in [0.717, 1.165) is 24.5 Å². The number of rotatable bonds is 6. The van der Waals surface area contributed by atoms with E-state index in [9.17, 15) is 0 Å². The fraction of sp³-hybridized carbons (Fsp3) is 0.300. The van der Waals surface area contributed by atoms with Gasteiger partial charge in [0.15, 0.2) is 5.96 Å². The van der Waals surface area contributed by atoms with Gasteiger partial charge in [0.25, 0.3) is 0 Å². The van der Waals surface area contributed by atoms with Gasteiger partial charge in [-0.25, -0.2) is 4.98 Å². The molecule has 0 radical (unpaired) electrons. The van der Waals surface area contributed by atoms with Crippen LogP contribution in [0.1, 0.15) is 16.7 Å². The topological polar surface area (TPSA) is 74.3 Å². The summed E-state index contributed by atoms with van der Waals surface area (Å²) in [5.41, 5.74) is 4.83. The number of guanidine groups is 1. The van der Waals surface area contributed by atoms with Crippen LogP contribution in [0, 0.1) is 6.92 Å². The summed E-state index contributed by atoms with van der Waals surface area (Å²) in [6.45, 7) is 3.57. The molecule has 0 aliphatic rings. The van der Waals surface area contributed by atoms with E-state index < -0.39 is 0 Å². The van der Waals surface area contributed by atoms with Gasteiger partial charge >= 0.3 is 0 Å². The molecule has 0 fully saturated rings. The van der Waals surface area contributed by atoms with Crippen molar-refractivity contribution in [2.45, 2.75) is 19.9 Å². The monoisotopic (exact) mass is 479 g/mol. The summed E-state index contributed by atoms with van der Waals surface area (Å²) < 4.78 is 5.07. The Balaban J connectivity index is 0.00000261. The first kappa shape index (κ1) is 21.0. The lowest BCUT2D eigenvalue weighted by atomic mass is 10.1.